The Morgan fingerprint density at radius 1 is 0.671 bits per heavy atom. The number of rotatable bonds is 14. The lowest BCUT2D eigenvalue weighted by atomic mass is 9.92. The first-order valence-corrected chi connectivity index (χ1v) is 28.6. The molecule has 0 spiro atoms. The van der Waals surface area contributed by atoms with Crippen molar-refractivity contribution >= 4 is 65.1 Å². The van der Waals surface area contributed by atoms with Crippen LogP contribution >= 0.6 is 0 Å². The minimum absolute atomic E-state index is 0.101. The average molecular weight is 1150 g/mol. The Hall–Kier alpha value is -7.07. The fourth-order valence-electron chi connectivity index (χ4n) is 10.8. The van der Waals surface area contributed by atoms with Gasteiger partial charge in [0.15, 0.2) is 6.10 Å². The molecule has 23 nitrogen and oxygen atoms in total. The number of piperidine rings is 1. The van der Waals surface area contributed by atoms with Crippen LogP contribution in [0.25, 0.3) is 0 Å². The summed E-state index contributed by atoms with van der Waals surface area (Å²) in [6.45, 7) is 21.8. The third-order valence-electron chi connectivity index (χ3n) is 15.9. The summed E-state index contributed by atoms with van der Waals surface area (Å²) in [5.74, 6) is -11.4. The first-order chi connectivity index (χ1) is 38.4. The zero-order valence-corrected chi connectivity index (χ0v) is 51.2. The number of carboxylic acids is 1. The van der Waals surface area contributed by atoms with E-state index < -0.39 is 162 Å². The fraction of sp³-hybridized carbons (Fsp3) is 0.678. The van der Waals surface area contributed by atoms with Gasteiger partial charge in [0.2, 0.25) is 47.3 Å². The normalized spacial score (nSPS) is 26.3. The summed E-state index contributed by atoms with van der Waals surface area (Å²) in [4.78, 5) is 165. The van der Waals surface area contributed by atoms with Gasteiger partial charge >= 0.3 is 11.9 Å². The van der Waals surface area contributed by atoms with E-state index in [1.165, 1.54) is 56.9 Å². The summed E-state index contributed by atoms with van der Waals surface area (Å²) in [6, 6.07) is -3.82. The largest absolute Gasteiger partial charge is 0.490 e. The molecule has 0 aromatic heterocycles. The van der Waals surface area contributed by atoms with Gasteiger partial charge in [0.1, 0.15) is 60.7 Å². The highest BCUT2D eigenvalue weighted by Crippen LogP contribution is 2.26. The van der Waals surface area contributed by atoms with Crippen LogP contribution < -0.4 is 20.7 Å². The zero-order valence-electron chi connectivity index (χ0n) is 51.2. The Kier molecular flexibility index (Phi) is 26.5. The van der Waals surface area contributed by atoms with Gasteiger partial charge in [-0.05, 0) is 73.5 Å². The standard InChI is InChI=1S/C59H93N9O14/c1-18-29-81-40-26-24-39(25-27-40)30-41-59(80)82-38(12)54(75)68-28-22-21-23-42(68)55(76)65(15)48(35(8)9)53(74)62-46(33(4)5)57(78)63(13)43(31-45(70)71)56(77)67(17)50(37(11)20-3)58(79)66(16)49(36(10)19-2)51(72)60-32-44(69)64(14)47(34(6)7)52(73)61-41/h18,24-27,33-38,41-43,46-50H,1,19-23,28-32H2,2-17H3,(H,60,72)(H,61,73)(H,62,74)(H,70,71)/t36-,37+,38-,41+,42+,43+,46+,47+,48+,49+,50+/m1/s1. The van der Waals surface area contributed by atoms with Crippen LogP contribution in [0.4, 0.5) is 0 Å². The van der Waals surface area contributed by atoms with Crippen molar-refractivity contribution in [2.75, 3.05) is 54.9 Å². The number of carboxylic acid groups (broad SMARTS) is 1. The molecular formula is C59H93N9O14. The van der Waals surface area contributed by atoms with Gasteiger partial charge in [0, 0.05) is 48.2 Å². The molecule has 0 radical (unpaired) electrons. The van der Waals surface area contributed by atoms with Crippen molar-refractivity contribution in [3.05, 3.63) is 42.5 Å². The lowest BCUT2D eigenvalue weighted by Gasteiger charge is -2.41. The van der Waals surface area contributed by atoms with Crippen LogP contribution in [0, 0.1) is 29.6 Å². The number of carbonyl (C=O) groups excluding carboxylic acids is 10. The first-order valence-electron chi connectivity index (χ1n) is 28.6. The molecule has 3 rings (SSSR count). The van der Waals surface area contributed by atoms with Crippen molar-refractivity contribution in [3.63, 3.8) is 0 Å². The maximum atomic E-state index is 14.9. The van der Waals surface area contributed by atoms with Crippen molar-refractivity contribution < 1.29 is 67.3 Å². The quantitative estimate of drug-likeness (QED) is 0.154. The summed E-state index contributed by atoms with van der Waals surface area (Å²) >= 11 is 0. The van der Waals surface area contributed by atoms with Crippen LogP contribution in [0.15, 0.2) is 36.9 Å². The van der Waals surface area contributed by atoms with E-state index in [2.05, 4.69) is 22.5 Å². The maximum Gasteiger partial charge on any atom is 0.329 e. The van der Waals surface area contributed by atoms with Gasteiger partial charge in [-0.1, -0.05) is 107 Å². The third-order valence-corrected chi connectivity index (χ3v) is 15.9. The molecule has 23 heteroatoms. The maximum absolute atomic E-state index is 14.9. The molecule has 2 aliphatic heterocycles. The third kappa shape index (κ3) is 17.5. The molecule has 0 unspecified atom stereocenters. The molecule has 2 saturated heterocycles. The zero-order chi connectivity index (χ0) is 62.2. The van der Waals surface area contributed by atoms with E-state index in [1.54, 1.807) is 99.6 Å². The topological polar surface area (TPSA) is 282 Å². The summed E-state index contributed by atoms with van der Waals surface area (Å²) in [6.07, 6.45) is 1.04. The van der Waals surface area contributed by atoms with Gasteiger partial charge in [0.25, 0.3) is 5.91 Å². The van der Waals surface area contributed by atoms with E-state index in [4.69, 9.17) is 9.47 Å². The van der Waals surface area contributed by atoms with E-state index in [0.717, 1.165) is 14.7 Å². The fourth-order valence-corrected chi connectivity index (χ4v) is 10.8. The van der Waals surface area contributed by atoms with Crippen molar-refractivity contribution in [1.29, 1.82) is 0 Å². The molecule has 9 amide bonds. The number of amides is 9. The van der Waals surface area contributed by atoms with E-state index >= 15 is 0 Å². The number of hydrogen-bond donors (Lipinski definition) is 4. The van der Waals surface area contributed by atoms with Gasteiger partial charge in [-0.25, -0.2) is 4.79 Å². The van der Waals surface area contributed by atoms with Crippen LogP contribution in [0.5, 0.6) is 5.75 Å². The number of fused-ring (bicyclic) bond motifs is 1. The second-order valence-corrected chi connectivity index (χ2v) is 23.0. The Morgan fingerprint density at radius 2 is 1.21 bits per heavy atom. The Bertz CT molecular complexity index is 2450. The number of esters is 1. The molecule has 1 aromatic rings. The second kappa shape index (κ2) is 31.4. The number of hydrogen-bond acceptors (Lipinski definition) is 13. The molecule has 2 aliphatic rings. The van der Waals surface area contributed by atoms with Crippen molar-refractivity contribution in [1.82, 2.24) is 45.3 Å². The monoisotopic (exact) mass is 1150 g/mol. The van der Waals surface area contributed by atoms with Crippen LogP contribution in [0.3, 0.4) is 0 Å². The van der Waals surface area contributed by atoms with Crippen LogP contribution in [0.1, 0.15) is 120 Å². The summed E-state index contributed by atoms with van der Waals surface area (Å²) < 4.78 is 11.5. The van der Waals surface area contributed by atoms with E-state index in [9.17, 15) is 57.8 Å². The molecule has 2 fully saturated rings. The van der Waals surface area contributed by atoms with Crippen molar-refractivity contribution in [2.45, 2.75) is 176 Å². The van der Waals surface area contributed by atoms with E-state index in [-0.39, 0.29) is 26.0 Å². The molecule has 2 heterocycles. The molecule has 82 heavy (non-hydrogen) atoms. The summed E-state index contributed by atoms with van der Waals surface area (Å²) in [5.41, 5.74) is 0.567. The van der Waals surface area contributed by atoms with Gasteiger partial charge < -0.3 is 59.9 Å². The van der Waals surface area contributed by atoms with Crippen LogP contribution in [-0.2, 0) is 63.9 Å². The Labute approximate surface area is 484 Å². The number of benzene rings is 1. The summed E-state index contributed by atoms with van der Waals surface area (Å²) in [5, 5.41) is 18.4. The van der Waals surface area contributed by atoms with Crippen LogP contribution in [0.2, 0.25) is 0 Å². The minimum Gasteiger partial charge on any atom is -0.490 e. The highest BCUT2D eigenvalue weighted by molar-refractivity contribution is 5.99. The molecule has 0 saturated carbocycles. The molecule has 0 aliphatic carbocycles. The number of carbonyl (C=O) groups is 11. The Balaban J connectivity index is 2.28. The van der Waals surface area contributed by atoms with Crippen LogP contribution in [-0.4, -0.2) is 209 Å². The van der Waals surface area contributed by atoms with Gasteiger partial charge in [-0.3, -0.25) is 47.9 Å². The number of likely N-dealkylation sites (N-methyl/N-ethyl adjacent to an activating group) is 5. The molecule has 11 atom stereocenters. The number of nitrogens with one attached hydrogen (secondary N) is 3. The van der Waals surface area contributed by atoms with Gasteiger partial charge in [-0.15, -0.1) is 0 Å². The van der Waals surface area contributed by atoms with Gasteiger partial charge in [-0.2, -0.15) is 0 Å². The SMILES string of the molecule is C=CCOc1ccc(C[C@@H]2NC(=O)[C@H](C(C)C)N(C)C(=O)CNC(=O)[C@H]([C@H](C)CC)N(C)C(=O)[C@H]([C@@H](C)CC)N(C)C(=O)[C@H](CC(=O)O)N(C)C(=O)[C@H](C(C)C)NC(=O)[C@H](C(C)C)N(C)C(=O)[C@@H]3CCCCN3C(=O)[C@@H](C)OC2=O)cc1. The van der Waals surface area contributed by atoms with E-state index in [1.807, 2.05) is 0 Å². The smallest absolute Gasteiger partial charge is 0.329 e. The number of ether oxygens (including phenoxy) is 2. The van der Waals surface area contributed by atoms with Crippen molar-refractivity contribution in [3.8, 4) is 5.75 Å². The predicted octanol–water partition coefficient (Wildman–Crippen LogP) is 2.88. The first kappa shape index (κ1) is 69.2. The second-order valence-electron chi connectivity index (χ2n) is 23.0. The molecule has 458 valence electrons. The predicted molar refractivity (Wildman–Crippen MR) is 306 cm³/mol. The lowest BCUT2D eigenvalue weighted by molar-refractivity contribution is -0.165. The molecule has 0 bridgehead atoms. The number of nitrogens with zero attached hydrogens (tertiary/aromatic N) is 6. The Morgan fingerprint density at radius 3 is 1.74 bits per heavy atom. The highest BCUT2D eigenvalue weighted by Gasteiger charge is 2.46. The lowest BCUT2D eigenvalue weighted by Crippen LogP contribution is -2.63. The highest BCUT2D eigenvalue weighted by atomic mass is 16.5. The molecule has 1 aromatic carbocycles. The number of aliphatic carboxylic acids is 1. The number of cyclic esters (lactones) is 1. The van der Waals surface area contributed by atoms with Crippen molar-refractivity contribution in [2.24, 2.45) is 29.6 Å². The van der Waals surface area contributed by atoms with Gasteiger partial charge in [0.05, 0.1) is 13.0 Å². The average Bonchev–Trinajstić information content (AvgIpc) is 3.54. The molecular weight excluding hydrogens is 1060 g/mol. The van der Waals surface area contributed by atoms with E-state index in [0.29, 0.717) is 37.0 Å². The summed E-state index contributed by atoms with van der Waals surface area (Å²) in [7, 11) is 6.74. The molecule has 4 N–H and O–H groups in total. The minimum atomic E-state index is -1.69.